The molecule has 2 heteroatoms. The van der Waals surface area contributed by atoms with Crippen molar-refractivity contribution in [2.75, 3.05) is 0 Å². The number of hydrogen-bond donors (Lipinski definition) is 2. The molecule has 10 atom stereocenters. The van der Waals surface area contributed by atoms with Gasteiger partial charge < -0.3 is 10.2 Å². The monoisotopic (exact) mass is 444 g/mol. The van der Waals surface area contributed by atoms with Gasteiger partial charge in [-0.3, -0.25) is 0 Å². The topological polar surface area (TPSA) is 40.5 Å². The molecule has 5 fully saturated rings. The fourth-order valence-electron chi connectivity index (χ4n) is 12.1. The fourth-order valence-corrected chi connectivity index (χ4v) is 12.1. The molecule has 0 unspecified atom stereocenters. The zero-order valence-corrected chi connectivity index (χ0v) is 22.4. The predicted molar refractivity (Wildman–Crippen MR) is 132 cm³/mol. The van der Waals surface area contributed by atoms with Gasteiger partial charge in [-0.05, 0) is 123 Å². The summed E-state index contributed by atoms with van der Waals surface area (Å²) < 4.78 is 0. The molecule has 0 amide bonds. The van der Waals surface area contributed by atoms with E-state index < -0.39 is 5.60 Å². The molecule has 5 rings (SSSR count). The van der Waals surface area contributed by atoms with Crippen LogP contribution in [0.3, 0.4) is 0 Å². The lowest BCUT2D eigenvalue weighted by atomic mass is 9.31. The van der Waals surface area contributed by atoms with Crippen molar-refractivity contribution >= 4 is 0 Å². The summed E-state index contributed by atoms with van der Waals surface area (Å²) in [6.07, 6.45) is 12.4. The largest absolute Gasteiger partial charge is 0.393 e. The van der Waals surface area contributed by atoms with Crippen molar-refractivity contribution < 1.29 is 10.2 Å². The van der Waals surface area contributed by atoms with E-state index in [-0.39, 0.29) is 16.9 Å². The first-order valence-electron chi connectivity index (χ1n) is 14.0. The Morgan fingerprint density at radius 1 is 0.719 bits per heavy atom. The van der Waals surface area contributed by atoms with Crippen molar-refractivity contribution in [1.29, 1.82) is 0 Å². The lowest BCUT2D eigenvalue weighted by Crippen LogP contribution is -2.70. The van der Waals surface area contributed by atoms with Crippen LogP contribution in [0.4, 0.5) is 0 Å². The molecule has 0 spiro atoms. The summed E-state index contributed by atoms with van der Waals surface area (Å²) in [6.45, 7) is 19.4. The number of aliphatic hydroxyl groups excluding tert-OH is 1. The van der Waals surface area contributed by atoms with E-state index in [4.69, 9.17) is 0 Å². The van der Waals surface area contributed by atoms with E-state index in [2.05, 4.69) is 41.5 Å². The number of aliphatic hydroxyl groups is 2. The van der Waals surface area contributed by atoms with Crippen LogP contribution < -0.4 is 0 Å². The molecule has 184 valence electrons. The highest BCUT2D eigenvalue weighted by Crippen LogP contribution is 2.78. The van der Waals surface area contributed by atoms with E-state index in [1.807, 2.05) is 13.8 Å². The first kappa shape index (κ1) is 23.7. The molecule has 32 heavy (non-hydrogen) atoms. The summed E-state index contributed by atoms with van der Waals surface area (Å²) in [5, 5.41) is 23.0. The molecule has 5 aliphatic rings. The maximum absolute atomic E-state index is 12.0. The van der Waals surface area contributed by atoms with Crippen LogP contribution in [0.5, 0.6) is 0 Å². The number of fused-ring (bicyclic) bond motifs is 7. The molecule has 0 bridgehead atoms. The van der Waals surface area contributed by atoms with Crippen LogP contribution in [0, 0.1) is 56.7 Å². The minimum absolute atomic E-state index is 0.00931. The van der Waals surface area contributed by atoms with E-state index in [1.165, 1.54) is 57.8 Å². The van der Waals surface area contributed by atoms with Crippen LogP contribution >= 0.6 is 0 Å². The van der Waals surface area contributed by atoms with Gasteiger partial charge >= 0.3 is 0 Å². The van der Waals surface area contributed by atoms with Gasteiger partial charge in [-0.2, -0.15) is 0 Å². The Morgan fingerprint density at radius 2 is 1.38 bits per heavy atom. The summed E-state index contributed by atoms with van der Waals surface area (Å²) in [4.78, 5) is 0. The molecule has 0 saturated heterocycles. The number of hydrogen-bond acceptors (Lipinski definition) is 2. The average molecular weight is 445 g/mol. The minimum atomic E-state index is -0.573. The average Bonchev–Trinajstić information content (AvgIpc) is 3.02. The lowest BCUT2D eigenvalue weighted by Gasteiger charge is -2.74. The highest BCUT2D eigenvalue weighted by atomic mass is 16.3. The quantitative estimate of drug-likeness (QED) is 0.448. The summed E-state index contributed by atoms with van der Waals surface area (Å²) in [5.74, 6) is 3.03. The maximum Gasteiger partial charge on any atom is 0.0622 e. The van der Waals surface area contributed by atoms with Crippen LogP contribution in [-0.4, -0.2) is 21.9 Å². The van der Waals surface area contributed by atoms with E-state index in [9.17, 15) is 10.2 Å². The zero-order chi connectivity index (χ0) is 23.5. The second-order valence-electron chi connectivity index (χ2n) is 15.5. The van der Waals surface area contributed by atoms with Gasteiger partial charge in [0.1, 0.15) is 0 Å². The summed E-state index contributed by atoms with van der Waals surface area (Å²) in [7, 11) is 0. The molecule has 5 saturated carbocycles. The van der Waals surface area contributed by atoms with Crippen molar-refractivity contribution in [3.05, 3.63) is 0 Å². The van der Waals surface area contributed by atoms with E-state index in [0.717, 1.165) is 6.42 Å². The standard InChI is InChI=1S/C30H52O2/c1-25(2)14-9-15-28(6)22-11-10-21-27(5)16-12-19(26(3,4)32)20(27)13-17-29(21,7)30(22,8)24(31)18-23(25)28/h19-24,31-32H,9-18H2,1-8H3/t19-,20-,21+,22+,23-,24-,27-,28+,29+,30-/m0/s1. The van der Waals surface area contributed by atoms with Gasteiger partial charge in [0.25, 0.3) is 0 Å². The number of rotatable bonds is 1. The van der Waals surface area contributed by atoms with Crippen molar-refractivity contribution in [3.63, 3.8) is 0 Å². The molecular weight excluding hydrogens is 392 g/mol. The van der Waals surface area contributed by atoms with Gasteiger partial charge in [0.05, 0.1) is 11.7 Å². The van der Waals surface area contributed by atoms with Gasteiger partial charge in [0, 0.05) is 5.41 Å². The molecule has 0 aromatic rings. The Morgan fingerprint density at radius 3 is 2.03 bits per heavy atom. The lowest BCUT2D eigenvalue weighted by molar-refractivity contribution is -0.280. The first-order chi connectivity index (χ1) is 14.6. The molecule has 0 aliphatic heterocycles. The third-order valence-corrected chi connectivity index (χ3v) is 13.7. The fraction of sp³-hybridized carbons (Fsp3) is 1.00. The molecule has 2 N–H and O–H groups in total. The van der Waals surface area contributed by atoms with Gasteiger partial charge in [0.15, 0.2) is 0 Å². The molecule has 0 heterocycles. The molecule has 2 nitrogen and oxygen atoms in total. The van der Waals surface area contributed by atoms with Crippen LogP contribution in [0.2, 0.25) is 0 Å². The molecular formula is C30H52O2. The predicted octanol–water partition coefficient (Wildman–Crippen LogP) is 7.22. The SMILES string of the molecule is CC(C)(O)[C@H]1CC[C@]2(C)[C@H]3CC[C@@H]4[C@@]5(C)CCCC(C)(C)[C@@H]5C[C@H](O)[C@@]4(C)[C@]3(C)CC[C@@H]12. The van der Waals surface area contributed by atoms with E-state index >= 15 is 0 Å². The molecule has 0 aromatic carbocycles. The second-order valence-corrected chi connectivity index (χ2v) is 15.5. The molecule has 5 aliphatic carbocycles. The van der Waals surface area contributed by atoms with Gasteiger partial charge in [-0.25, -0.2) is 0 Å². The summed E-state index contributed by atoms with van der Waals surface area (Å²) in [6, 6.07) is 0. The van der Waals surface area contributed by atoms with Crippen molar-refractivity contribution in [2.24, 2.45) is 56.7 Å². The Hall–Kier alpha value is -0.0800. The smallest absolute Gasteiger partial charge is 0.0622 e. The zero-order valence-electron chi connectivity index (χ0n) is 22.4. The van der Waals surface area contributed by atoms with Crippen molar-refractivity contribution in [3.8, 4) is 0 Å². The summed E-state index contributed by atoms with van der Waals surface area (Å²) in [5.41, 5.74) is 0.667. The van der Waals surface area contributed by atoms with Gasteiger partial charge in [0.2, 0.25) is 0 Å². The van der Waals surface area contributed by atoms with Crippen molar-refractivity contribution in [2.45, 2.75) is 131 Å². The minimum Gasteiger partial charge on any atom is -0.393 e. The highest BCUT2D eigenvalue weighted by Gasteiger charge is 2.72. The normalized spacial score (nSPS) is 57.2. The molecule has 0 aromatic heterocycles. The third-order valence-electron chi connectivity index (χ3n) is 13.7. The van der Waals surface area contributed by atoms with E-state index in [1.54, 1.807) is 0 Å². The van der Waals surface area contributed by atoms with Crippen LogP contribution in [-0.2, 0) is 0 Å². The van der Waals surface area contributed by atoms with Crippen LogP contribution in [0.1, 0.15) is 120 Å². The molecule has 0 radical (unpaired) electrons. The van der Waals surface area contributed by atoms with Crippen molar-refractivity contribution in [1.82, 2.24) is 0 Å². The maximum atomic E-state index is 12.0. The summed E-state index contributed by atoms with van der Waals surface area (Å²) >= 11 is 0. The Kier molecular flexibility index (Phi) is 5.01. The Bertz CT molecular complexity index is 765. The Labute approximate surface area is 198 Å². The third kappa shape index (κ3) is 2.72. The first-order valence-corrected chi connectivity index (χ1v) is 14.0. The highest BCUT2D eigenvalue weighted by molar-refractivity contribution is 5.21. The Balaban J connectivity index is 1.55. The van der Waals surface area contributed by atoms with Gasteiger partial charge in [-0.15, -0.1) is 0 Å². The van der Waals surface area contributed by atoms with E-state index in [0.29, 0.717) is 45.8 Å². The van der Waals surface area contributed by atoms with Gasteiger partial charge in [-0.1, -0.05) is 48.0 Å². The van der Waals surface area contributed by atoms with Crippen LogP contribution in [0.25, 0.3) is 0 Å². The second kappa shape index (κ2) is 6.77. The van der Waals surface area contributed by atoms with Crippen LogP contribution in [0.15, 0.2) is 0 Å².